The minimum atomic E-state index is -1.70. The molecule has 1 heterocycles. The molecule has 7 rings (SSSR count). The van der Waals surface area contributed by atoms with Crippen molar-refractivity contribution in [2.75, 3.05) is 0 Å². The van der Waals surface area contributed by atoms with E-state index in [1.54, 1.807) is 5.19 Å². The van der Waals surface area contributed by atoms with Gasteiger partial charge in [-0.2, -0.15) is 0 Å². The van der Waals surface area contributed by atoms with E-state index < -0.39 is 15.2 Å². The highest BCUT2D eigenvalue weighted by atomic mass is 28.3. The van der Waals surface area contributed by atoms with Gasteiger partial charge in [0.2, 0.25) is 0 Å². The molecule has 4 bridgehead atoms. The van der Waals surface area contributed by atoms with Gasteiger partial charge in [0, 0.05) is 11.0 Å². The summed E-state index contributed by atoms with van der Waals surface area (Å²) in [5.74, 6) is 3.71. The van der Waals surface area contributed by atoms with Gasteiger partial charge in [-0.3, -0.25) is 0 Å². The minimum Gasteiger partial charge on any atom is -0.532 e. The zero-order chi connectivity index (χ0) is 26.3. The molecule has 2 aromatic carbocycles. The average Bonchev–Trinajstić information content (AvgIpc) is 2.92. The van der Waals surface area contributed by atoms with Gasteiger partial charge in [-0.15, -0.1) is 0 Å². The van der Waals surface area contributed by atoms with E-state index in [1.807, 2.05) is 6.07 Å². The van der Waals surface area contributed by atoms with Crippen LogP contribution in [-0.2, 0) is 5.41 Å². The second-order valence-corrected chi connectivity index (χ2v) is 18.4. The van der Waals surface area contributed by atoms with Crippen LogP contribution in [0.5, 0.6) is 5.75 Å². The van der Waals surface area contributed by atoms with Crippen molar-refractivity contribution in [3.05, 3.63) is 42.0 Å². The second-order valence-electron chi connectivity index (χ2n) is 13.7. The van der Waals surface area contributed by atoms with Crippen LogP contribution in [0.25, 0.3) is 11.1 Å². The van der Waals surface area contributed by atoms with Crippen molar-refractivity contribution < 1.29 is 9.68 Å². The van der Waals surface area contributed by atoms with E-state index in [4.69, 9.17) is 4.65 Å². The van der Waals surface area contributed by atoms with Crippen molar-refractivity contribution in [2.24, 2.45) is 17.8 Å². The zero-order valence-corrected chi connectivity index (χ0v) is 25.2. The predicted molar refractivity (Wildman–Crippen MR) is 164 cm³/mol. The van der Waals surface area contributed by atoms with E-state index >= 15 is 0 Å². The van der Waals surface area contributed by atoms with E-state index in [1.165, 1.54) is 112 Å². The van der Waals surface area contributed by atoms with Crippen LogP contribution < -0.4 is 15.3 Å². The van der Waals surface area contributed by atoms with Crippen LogP contribution in [0.4, 0.5) is 0 Å². The molecule has 0 radical (unpaired) electrons. The fourth-order valence-corrected chi connectivity index (χ4v) is 15.2. The Bertz CT molecular complexity index is 1090. The van der Waals surface area contributed by atoms with Gasteiger partial charge in [-0.1, -0.05) is 119 Å². The predicted octanol–water partition coefficient (Wildman–Crippen LogP) is 7.96. The average molecular weight is 529 g/mol. The molecule has 38 heavy (non-hydrogen) atoms. The molecule has 0 atom stereocenters. The van der Waals surface area contributed by atoms with E-state index in [0.717, 1.165) is 29.0 Å². The molecule has 0 amide bonds. The fourth-order valence-electron chi connectivity index (χ4n) is 9.58. The largest absolute Gasteiger partial charge is 0.560 e. The quantitative estimate of drug-likeness (QED) is 0.300. The molecule has 0 spiro atoms. The Hall–Kier alpha value is -1.52. The van der Waals surface area contributed by atoms with Gasteiger partial charge >= 0.3 is 7.12 Å². The number of benzene rings is 2. The molecular weight excluding hydrogens is 479 g/mol. The Balaban J connectivity index is 1.56. The smallest absolute Gasteiger partial charge is 0.532 e. The minimum absolute atomic E-state index is 0.251. The topological polar surface area (TPSA) is 29.5 Å². The van der Waals surface area contributed by atoms with E-state index in [9.17, 15) is 5.02 Å². The fraction of sp³-hybridized carbons (Fsp3) is 0.647. The highest BCUT2D eigenvalue weighted by Crippen LogP contribution is 2.62. The van der Waals surface area contributed by atoms with Crippen molar-refractivity contribution in [2.45, 2.75) is 121 Å². The third-order valence-electron chi connectivity index (χ3n) is 11.1. The summed E-state index contributed by atoms with van der Waals surface area (Å²) in [5, 5.41) is 12.9. The monoisotopic (exact) mass is 528 g/mol. The van der Waals surface area contributed by atoms with Crippen LogP contribution in [0.3, 0.4) is 0 Å². The molecule has 4 heteroatoms. The first-order chi connectivity index (χ1) is 18.5. The Labute approximate surface area is 233 Å². The van der Waals surface area contributed by atoms with Crippen molar-refractivity contribution in [1.82, 2.24) is 0 Å². The van der Waals surface area contributed by atoms with E-state index in [-0.39, 0.29) is 5.41 Å². The summed E-state index contributed by atoms with van der Waals surface area (Å²) < 4.78 is 6.56. The molecule has 1 aliphatic heterocycles. The summed E-state index contributed by atoms with van der Waals surface area (Å²) >= 11 is 0. The number of rotatable bonds is 11. The van der Waals surface area contributed by atoms with Crippen molar-refractivity contribution >= 4 is 25.8 Å². The lowest BCUT2D eigenvalue weighted by Crippen LogP contribution is -2.52. The highest BCUT2D eigenvalue weighted by Gasteiger charge is 2.53. The van der Waals surface area contributed by atoms with Crippen LogP contribution in [-0.4, -0.2) is 20.2 Å². The third kappa shape index (κ3) is 4.62. The van der Waals surface area contributed by atoms with Crippen molar-refractivity contribution in [3.8, 4) is 16.9 Å². The molecule has 4 aliphatic carbocycles. The first-order valence-electron chi connectivity index (χ1n) is 16.1. The summed E-state index contributed by atoms with van der Waals surface area (Å²) in [7, 11) is -2.56. The highest BCUT2D eigenvalue weighted by molar-refractivity contribution is 6.92. The van der Waals surface area contributed by atoms with Gasteiger partial charge in [-0.25, -0.2) is 0 Å². The second kappa shape index (κ2) is 10.8. The summed E-state index contributed by atoms with van der Waals surface area (Å²) in [6.45, 7) is 7.12. The third-order valence-corrected chi connectivity index (χ3v) is 16.5. The van der Waals surface area contributed by atoms with Crippen LogP contribution in [0.2, 0.25) is 18.1 Å². The number of hydrogen-bond acceptors (Lipinski definition) is 2. The maximum absolute atomic E-state index is 11.2. The standard InChI is InChI=1S/C34H49BO2Si/c1-4-7-14-38(15-8-5-2,16-9-6-3)28-20-30-29-12-10-11-13-32(29)35(36)37-33(30)31(21-28)34-22-25-17-26(23-34)19-27(18-25)24-34/h10-13,20-21,25-27,36H,4-9,14-19,22-24H2,1-3H3. The Morgan fingerprint density at radius 3 is 1.92 bits per heavy atom. The van der Waals surface area contributed by atoms with Crippen LogP contribution >= 0.6 is 0 Å². The van der Waals surface area contributed by atoms with E-state index in [0.29, 0.717) is 0 Å². The first-order valence-corrected chi connectivity index (χ1v) is 18.8. The lowest BCUT2D eigenvalue weighted by Gasteiger charge is -2.57. The maximum atomic E-state index is 11.2. The molecule has 4 saturated carbocycles. The van der Waals surface area contributed by atoms with Crippen LogP contribution in [0.1, 0.15) is 103 Å². The number of unbranched alkanes of at least 4 members (excludes halogenated alkanes) is 3. The molecule has 2 nitrogen and oxygen atoms in total. The molecule has 204 valence electrons. The van der Waals surface area contributed by atoms with Gasteiger partial charge < -0.3 is 9.68 Å². The summed E-state index contributed by atoms with van der Waals surface area (Å²) in [5.41, 5.74) is 5.19. The summed E-state index contributed by atoms with van der Waals surface area (Å²) in [4.78, 5) is 0. The first kappa shape index (κ1) is 26.7. The number of fused-ring (bicyclic) bond motifs is 3. The van der Waals surface area contributed by atoms with Crippen molar-refractivity contribution in [1.29, 1.82) is 0 Å². The Kier molecular flexibility index (Phi) is 7.59. The molecule has 5 aliphatic rings. The van der Waals surface area contributed by atoms with Gasteiger partial charge in [0.15, 0.2) is 0 Å². The normalized spacial score (nSPS) is 27.3. The molecule has 2 aromatic rings. The van der Waals surface area contributed by atoms with Crippen molar-refractivity contribution in [3.63, 3.8) is 0 Å². The summed E-state index contributed by atoms with van der Waals surface area (Å²) in [6, 6.07) is 18.1. The molecule has 0 unspecified atom stereocenters. The van der Waals surface area contributed by atoms with E-state index in [2.05, 4.69) is 51.1 Å². The Morgan fingerprint density at radius 2 is 1.37 bits per heavy atom. The molecule has 1 N–H and O–H groups in total. The number of hydrogen-bond donors (Lipinski definition) is 1. The van der Waals surface area contributed by atoms with Gasteiger partial charge in [0.25, 0.3) is 0 Å². The van der Waals surface area contributed by atoms with Crippen LogP contribution in [0.15, 0.2) is 36.4 Å². The SMILES string of the molecule is CCCC[Si](CCCC)(CCCC)c1cc2c(c(C34CC5CC(CC(C5)C3)C4)c1)OB(O)c1ccccc1-2. The Morgan fingerprint density at radius 1 is 0.816 bits per heavy atom. The van der Waals surface area contributed by atoms with Gasteiger partial charge in [0.1, 0.15) is 5.75 Å². The summed E-state index contributed by atoms with van der Waals surface area (Å²) in [6.07, 6.45) is 16.3. The lowest BCUT2D eigenvalue weighted by atomic mass is 9.47. The molecule has 0 saturated heterocycles. The maximum Gasteiger partial charge on any atom is 0.560 e. The van der Waals surface area contributed by atoms with Crippen LogP contribution in [0, 0.1) is 17.8 Å². The molecule has 4 fully saturated rings. The molecule has 0 aromatic heterocycles. The van der Waals surface area contributed by atoms with Gasteiger partial charge in [0.05, 0.1) is 8.07 Å². The lowest BCUT2D eigenvalue weighted by molar-refractivity contribution is -0.00581. The van der Waals surface area contributed by atoms with Gasteiger partial charge in [-0.05, 0) is 72.8 Å². The zero-order valence-electron chi connectivity index (χ0n) is 24.2. The molecular formula is C34H49BO2Si.